The van der Waals surface area contributed by atoms with E-state index in [0.29, 0.717) is 34.9 Å². The average molecular weight is 336 g/mol. The first kappa shape index (κ1) is 16.0. The Kier molecular flexibility index (Phi) is 5.32. The van der Waals surface area contributed by atoms with Crippen molar-refractivity contribution in [3.63, 3.8) is 0 Å². The van der Waals surface area contributed by atoms with Crippen LogP contribution in [-0.2, 0) is 4.79 Å². The monoisotopic (exact) mass is 336 g/mol. The topological polar surface area (TPSA) is 94.1 Å². The van der Waals surface area contributed by atoms with Gasteiger partial charge in [0.15, 0.2) is 5.82 Å². The van der Waals surface area contributed by atoms with Crippen molar-refractivity contribution in [2.24, 2.45) is 0 Å². The first-order valence-corrected chi connectivity index (χ1v) is 8.88. The van der Waals surface area contributed by atoms with E-state index in [1.807, 2.05) is 0 Å². The molecule has 23 heavy (non-hydrogen) atoms. The van der Waals surface area contributed by atoms with Crippen LogP contribution in [0.1, 0.15) is 56.1 Å². The molecule has 2 heterocycles. The molecule has 0 aromatic carbocycles. The first-order chi connectivity index (χ1) is 11.2. The van der Waals surface area contributed by atoms with Gasteiger partial charge in [-0.15, -0.1) is 10.2 Å². The zero-order valence-electron chi connectivity index (χ0n) is 13.1. The van der Waals surface area contributed by atoms with Crippen molar-refractivity contribution >= 4 is 23.5 Å². The van der Waals surface area contributed by atoms with Crippen molar-refractivity contribution < 1.29 is 13.7 Å². The van der Waals surface area contributed by atoms with Gasteiger partial charge < -0.3 is 14.3 Å². The molecule has 1 saturated carbocycles. The Labute approximate surface area is 138 Å². The normalized spacial score (nSPS) is 15.7. The maximum absolute atomic E-state index is 11.8. The Balaban J connectivity index is 1.41. The highest BCUT2D eigenvalue weighted by Gasteiger charge is 2.21. The summed E-state index contributed by atoms with van der Waals surface area (Å²) in [4.78, 5) is 11.8. The standard InChI is InChI=1S/C15H20N4O3S/c1-10-9-12(19-22-10)16-13(20)7-8-23-15-18-17-14(21-15)11-5-3-2-4-6-11/h9,11H,2-8H2,1H3,(H,16,19,20). The smallest absolute Gasteiger partial charge is 0.276 e. The molecule has 0 saturated heterocycles. The Bertz CT molecular complexity index is 649. The van der Waals surface area contributed by atoms with E-state index in [4.69, 9.17) is 8.94 Å². The van der Waals surface area contributed by atoms with Crippen LogP contribution in [-0.4, -0.2) is 27.0 Å². The van der Waals surface area contributed by atoms with Crippen LogP contribution in [0.2, 0.25) is 0 Å². The molecule has 124 valence electrons. The molecule has 1 aliphatic rings. The Morgan fingerprint density at radius 1 is 1.35 bits per heavy atom. The molecule has 0 radical (unpaired) electrons. The molecule has 3 rings (SSSR count). The number of amides is 1. The van der Waals surface area contributed by atoms with Crippen molar-refractivity contribution in [2.75, 3.05) is 11.1 Å². The lowest BCUT2D eigenvalue weighted by Crippen LogP contribution is -2.12. The molecule has 1 N–H and O–H groups in total. The lowest BCUT2D eigenvalue weighted by atomic mass is 9.89. The number of nitrogens with zero attached hydrogens (tertiary/aromatic N) is 3. The molecular weight excluding hydrogens is 316 g/mol. The highest BCUT2D eigenvalue weighted by molar-refractivity contribution is 7.99. The van der Waals surface area contributed by atoms with Gasteiger partial charge in [-0.1, -0.05) is 36.2 Å². The van der Waals surface area contributed by atoms with Gasteiger partial charge in [-0.25, -0.2) is 0 Å². The van der Waals surface area contributed by atoms with E-state index in [2.05, 4.69) is 20.7 Å². The summed E-state index contributed by atoms with van der Waals surface area (Å²) in [5.41, 5.74) is 0. The Morgan fingerprint density at radius 3 is 2.91 bits per heavy atom. The molecule has 0 bridgehead atoms. The third kappa shape index (κ3) is 4.57. The van der Waals surface area contributed by atoms with Gasteiger partial charge in [0.25, 0.3) is 5.22 Å². The number of nitrogens with one attached hydrogen (secondary N) is 1. The molecule has 8 heteroatoms. The van der Waals surface area contributed by atoms with Gasteiger partial charge in [-0.2, -0.15) is 0 Å². The van der Waals surface area contributed by atoms with Crippen LogP contribution in [0.25, 0.3) is 0 Å². The second kappa shape index (κ2) is 7.63. The summed E-state index contributed by atoms with van der Waals surface area (Å²) in [6.07, 6.45) is 6.37. The average Bonchev–Trinajstić information content (AvgIpc) is 3.17. The fraction of sp³-hybridized carbons (Fsp3) is 0.600. The van der Waals surface area contributed by atoms with Gasteiger partial charge in [0.05, 0.1) is 0 Å². The highest BCUT2D eigenvalue weighted by Crippen LogP contribution is 2.32. The Morgan fingerprint density at radius 2 is 2.17 bits per heavy atom. The van der Waals surface area contributed by atoms with Gasteiger partial charge in [0.1, 0.15) is 5.76 Å². The summed E-state index contributed by atoms with van der Waals surface area (Å²) in [7, 11) is 0. The molecule has 1 fully saturated rings. The van der Waals surface area contributed by atoms with Crippen molar-refractivity contribution in [1.82, 2.24) is 15.4 Å². The lowest BCUT2D eigenvalue weighted by Gasteiger charge is -2.17. The molecule has 7 nitrogen and oxygen atoms in total. The lowest BCUT2D eigenvalue weighted by molar-refractivity contribution is -0.115. The summed E-state index contributed by atoms with van der Waals surface area (Å²) in [5.74, 6) is 2.72. The van der Waals surface area contributed by atoms with E-state index in [1.54, 1.807) is 13.0 Å². The SMILES string of the molecule is Cc1cc(NC(=O)CCSc2nnc(C3CCCCC3)o2)no1. The van der Waals surface area contributed by atoms with Gasteiger partial charge in [0.2, 0.25) is 11.8 Å². The van der Waals surface area contributed by atoms with Crippen molar-refractivity contribution in [2.45, 2.75) is 56.6 Å². The third-order valence-electron chi connectivity index (χ3n) is 3.83. The van der Waals surface area contributed by atoms with E-state index in [0.717, 1.165) is 18.7 Å². The van der Waals surface area contributed by atoms with Gasteiger partial charge in [-0.3, -0.25) is 4.79 Å². The Hall–Kier alpha value is -1.83. The molecule has 2 aromatic rings. The van der Waals surface area contributed by atoms with Crippen LogP contribution < -0.4 is 5.32 Å². The summed E-state index contributed by atoms with van der Waals surface area (Å²) in [5, 5.41) is 15.2. The minimum Gasteiger partial charge on any atom is -0.416 e. The summed E-state index contributed by atoms with van der Waals surface area (Å²) < 4.78 is 10.6. The van der Waals surface area contributed by atoms with Crippen LogP contribution in [0.15, 0.2) is 20.2 Å². The zero-order valence-corrected chi connectivity index (χ0v) is 13.9. The second-order valence-corrected chi connectivity index (χ2v) is 6.76. The van der Waals surface area contributed by atoms with E-state index in [-0.39, 0.29) is 5.91 Å². The summed E-state index contributed by atoms with van der Waals surface area (Å²) >= 11 is 1.40. The largest absolute Gasteiger partial charge is 0.416 e. The number of carbonyl (C=O) groups excluding carboxylic acids is 1. The van der Waals surface area contributed by atoms with Crippen LogP contribution >= 0.6 is 11.8 Å². The van der Waals surface area contributed by atoms with Crippen molar-refractivity contribution in [1.29, 1.82) is 0 Å². The fourth-order valence-corrected chi connectivity index (χ4v) is 3.36. The van der Waals surface area contributed by atoms with Gasteiger partial charge in [-0.05, 0) is 19.8 Å². The van der Waals surface area contributed by atoms with E-state index < -0.39 is 0 Å². The third-order valence-corrected chi connectivity index (χ3v) is 4.65. The van der Waals surface area contributed by atoms with Crippen molar-refractivity contribution in [3.05, 3.63) is 17.7 Å². The van der Waals surface area contributed by atoms with E-state index >= 15 is 0 Å². The molecule has 1 amide bonds. The first-order valence-electron chi connectivity index (χ1n) is 7.90. The molecule has 0 atom stereocenters. The van der Waals surface area contributed by atoms with E-state index in [1.165, 1.54) is 31.0 Å². The predicted molar refractivity (Wildman–Crippen MR) is 85.3 cm³/mol. The number of aromatic nitrogens is 3. The number of aryl methyl sites for hydroxylation is 1. The number of thioether (sulfide) groups is 1. The predicted octanol–water partition coefficient (Wildman–Crippen LogP) is 3.53. The fourth-order valence-electron chi connectivity index (χ4n) is 2.65. The van der Waals surface area contributed by atoms with Crippen LogP contribution in [0.3, 0.4) is 0 Å². The van der Waals surface area contributed by atoms with Crippen LogP contribution in [0, 0.1) is 6.92 Å². The maximum Gasteiger partial charge on any atom is 0.276 e. The van der Waals surface area contributed by atoms with Crippen LogP contribution in [0.4, 0.5) is 5.82 Å². The number of anilines is 1. The second-order valence-electron chi connectivity index (χ2n) is 5.71. The van der Waals surface area contributed by atoms with Gasteiger partial charge >= 0.3 is 0 Å². The quantitative estimate of drug-likeness (QED) is 0.806. The number of rotatable bonds is 6. The van der Waals surface area contributed by atoms with Gasteiger partial charge in [0, 0.05) is 24.2 Å². The number of hydrogen-bond donors (Lipinski definition) is 1. The molecule has 0 unspecified atom stereocenters. The number of carbonyl (C=O) groups is 1. The molecule has 0 spiro atoms. The molecule has 2 aromatic heterocycles. The number of hydrogen-bond acceptors (Lipinski definition) is 7. The minimum absolute atomic E-state index is 0.113. The summed E-state index contributed by atoms with van der Waals surface area (Å²) in [6, 6.07) is 1.68. The summed E-state index contributed by atoms with van der Waals surface area (Å²) in [6.45, 7) is 1.78. The van der Waals surface area contributed by atoms with E-state index in [9.17, 15) is 4.79 Å². The van der Waals surface area contributed by atoms with Crippen LogP contribution in [0.5, 0.6) is 0 Å². The molecule has 0 aliphatic heterocycles. The minimum atomic E-state index is -0.113. The van der Waals surface area contributed by atoms with Crippen molar-refractivity contribution in [3.8, 4) is 0 Å². The maximum atomic E-state index is 11.8. The molecule has 1 aliphatic carbocycles. The zero-order chi connectivity index (χ0) is 16.1. The molecular formula is C15H20N4O3S. The highest BCUT2D eigenvalue weighted by atomic mass is 32.2.